The van der Waals surface area contributed by atoms with E-state index in [0.717, 1.165) is 35.8 Å². The first-order valence-corrected chi connectivity index (χ1v) is 8.38. The molecule has 2 heterocycles. The molecule has 25 heavy (non-hydrogen) atoms. The second-order valence-corrected chi connectivity index (χ2v) is 6.63. The van der Waals surface area contributed by atoms with E-state index in [1.54, 1.807) is 13.0 Å². The van der Waals surface area contributed by atoms with E-state index >= 15 is 0 Å². The lowest BCUT2D eigenvalue weighted by Crippen LogP contribution is -2.54. The minimum absolute atomic E-state index is 0.141. The van der Waals surface area contributed by atoms with Gasteiger partial charge < -0.3 is 29.2 Å². The van der Waals surface area contributed by atoms with Crippen molar-refractivity contribution in [3.63, 3.8) is 0 Å². The van der Waals surface area contributed by atoms with E-state index in [0.29, 0.717) is 16.9 Å². The lowest BCUT2D eigenvalue weighted by Gasteiger charge is -2.35. The first-order chi connectivity index (χ1) is 12.0. The van der Waals surface area contributed by atoms with Crippen LogP contribution in [0.25, 0.3) is 11.0 Å². The largest absolute Gasteiger partial charge is 0.462 e. The summed E-state index contributed by atoms with van der Waals surface area (Å²) >= 11 is 0. The van der Waals surface area contributed by atoms with Crippen molar-refractivity contribution in [1.82, 2.24) is 0 Å². The molecular formula is C18H20O7. The maximum Gasteiger partial charge on any atom is 0.339 e. The highest BCUT2D eigenvalue weighted by Crippen LogP contribution is 2.34. The fourth-order valence-electron chi connectivity index (χ4n) is 3.60. The van der Waals surface area contributed by atoms with Crippen LogP contribution in [0.5, 0.6) is 5.75 Å². The third kappa shape index (κ3) is 2.64. The number of ether oxygens (including phenoxy) is 2. The van der Waals surface area contributed by atoms with Gasteiger partial charge in [0.05, 0.1) is 6.61 Å². The smallest absolute Gasteiger partial charge is 0.339 e. The minimum Gasteiger partial charge on any atom is -0.462 e. The molecule has 0 radical (unpaired) electrons. The van der Waals surface area contributed by atoms with Crippen LogP contribution in [0.15, 0.2) is 21.3 Å². The van der Waals surface area contributed by atoms with E-state index < -0.39 is 24.6 Å². The number of hydrogen-bond donors (Lipinski definition) is 3. The number of rotatable bonds is 2. The Kier molecular flexibility index (Phi) is 4.04. The molecule has 2 aliphatic rings. The van der Waals surface area contributed by atoms with Gasteiger partial charge in [-0.2, -0.15) is 0 Å². The number of aryl methyl sites for hydroxylation is 2. The van der Waals surface area contributed by atoms with Gasteiger partial charge in [0.25, 0.3) is 0 Å². The lowest BCUT2D eigenvalue weighted by molar-refractivity contribution is -0.242. The van der Waals surface area contributed by atoms with Crippen molar-refractivity contribution in [2.45, 2.75) is 50.8 Å². The molecule has 7 nitrogen and oxygen atoms in total. The van der Waals surface area contributed by atoms with Gasteiger partial charge in [-0.1, -0.05) is 0 Å². The highest BCUT2D eigenvalue weighted by atomic mass is 16.7. The van der Waals surface area contributed by atoms with Crippen molar-refractivity contribution < 1.29 is 29.2 Å². The number of aliphatic hydroxyl groups excluding tert-OH is 3. The van der Waals surface area contributed by atoms with Gasteiger partial charge in [0.1, 0.15) is 29.6 Å². The van der Waals surface area contributed by atoms with Gasteiger partial charge >= 0.3 is 5.63 Å². The van der Waals surface area contributed by atoms with E-state index in [9.17, 15) is 20.1 Å². The fourth-order valence-corrected chi connectivity index (χ4v) is 3.60. The van der Waals surface area contributed by atoms with Gasteiger partial charge in [-0.25, -0.2) is 4.79 Å². The minimum atomic E-state index is -1.38. The summed E-state index contributed by atoms with van der Waals surface area (Å²) in [7, 11) is 0. The Hall–Kier alpha value is -1.93. The highest BCUT2D eigenvalue weighted by molar-refractivity contribution is 5.86. The fraction of sp³-hybridized carbons (Fsp3) is 0.500. The number of hydrogen-bond acceptors (Lipinski definition) is 7. The second kappa shape index (κ2) is 6.10. The quantitative estimate of drug-likeness (QED) is 0.674. The molecule has 1 fully saturated rings. The topological polar surface area (TPSA) is 109 Å². The Morgan fingerprint density at radius 2 is 1.88 bits per heavy atom. The van der Waals surface area contributed by atoms with Crippen molar-refractivity contribution in [2.24, 2.45) is 0 Å². The van der Waals surface area contributed by atoms with Crippen molar-refractivity contribution in [3.05, 3.63) is 39.2 Å². The maximum absolute atomic E-state index is 12.2. The number of fused-ring (bicyclic) bond motifs is 3. The van der Waals surface area contributed by atoms with E-state index in [-0.39, 0.29) is 12.2 Å². The van der Waals surface area contributed by atoms with Crippen LogP contribution in [0.1, 0.15) is 23.1 Å². The van der Waals surface area contributed by atoms with Crippen LogP contribution in [0.2, 0.25) is 0 Å². The molecule has 1 aromatic carbocycles. The summed E-state index contributed by atoms with van der Waals surface area (Å²) in [6.07, 6.45) is -2.46. The van der Waals surface area contributed by atoms with E-state index in [1.165, 1.54) is 0 Å². The third-order valence-electron chi connectivity index (χ3n) is 5.04. The third-order valence-corrected chi connectivity index (χ3v) is 5.04. The summed E-state index contributed by atoms with van der Waals surface area (Å²) in [5, 5.41) is 30.2. The number of aliphatic hydroxyl groups is 3. The Morgan fingerprint density at radius 1 is 1.12 bits per heavy atom. The molecule has 2 aromatic rings. The SMILES string of the molecule is Cc1c(O[C@H]2OC[C@H](O)[C@@H](O)[C@@H]2O)ccc2c3c(c(=O)oc12)CCC3. The Bertz CT molecular complexity index is 872. The molecule has 1 aliphatic heterocycles. The van der Waals surface area contributed by atoms with Crippen LogP contribution in [-0.4, -0.2) is 46.5 Å². The predicted octanol–water partition coefficient (Wildman–Crippen LogP) is 0.408. The highest BCUT2D eigenvalue weighted by Gasteiger charge is 2.39. The summed E-state index contributed by atoms with van der Waals surface area (Å²) in [5.74, 6) is 0.390. The first-order valence-electron chi connectivity index (χ1n) is 8.38. The summed E-state index contributed by atoms with van der Waals surface area (Å²) in [6.45, 7) is 1.63. The van der Waals surface area contributed by atoms with Gasteiger partial charge in [-0.15, -0.1) is 0 Å². The molecule has 1 aliphatic carbocycles. The molecule has 4 rings (SSSR count). The molecule has 0 amide bonds. The van der Waals surface area contributed by atoms with Crippen molar-refractivity contribution in [3.8, 4) is 5.75 Å². The summed E-state index contributed by atoms with van der Waals surface area (Å²) in [5.41, 5.74) is 2.57. The lowest BCUT2D eigenvalue weighted by atomic mass is 10.0. The van der Waals surface area contributed by atoms with Crippen molar-refractivity contribution in [2.75, 3.05) is 6.61 Å². The monoisotopic (exact) mass is 348 g/mol. The molecule has 134 valence electrons. The van der Waals surface area contributed by atoms with Crippen LogP contribution < -0.4 is 10.4 Å². The summed E-state index contributed by atoms with van der Waals surface area (Å²) < 4.78 is 16.4. The van der Waals surface area contributed by atoms with Crippen LogP contribution >= 0.6 is 0 Å². The zero-order valence-electron chi connectivity index (χ0n) is 13.8. The Morgan fingerprint density at radius 3 is 2.68 bits per heavy atom. The summed E-state index contributed by atoms with van der Waals surface area (Å²) in [6, 6.07) is 3.58. The van der Waals surface area contributed by atoms with Gasteiger partial charge in [-0.05, 0) is 43.9 Å². The molecule has 4 atom stereocenters. The van der Waals surface area contributed by atoms with Gasteiger partial charge in [-0.3, -0.25) is 0 Å². The molecule has 0 saturated carbocycles. The van der Waals surface area contributed by atoms with E-state index in [1.807, 2.05) is 6.07 Å². The average Bonchev–Trinajstić information content (AvgIpc) is 3.09. The van der Waals surface area contributed by atoms with Crippen LogP contribution in [0.3, 0.4) is 0 Å². The Labute approximate surface area is 143 Å². The maximum atomic E-state index is 12.2. The molecule has 0 bridgehead atoms. The van der Waals surface area contributed by atoms with Crippen LogP contribution in [-0.2, 0) is 17.6 Å². The molecular weight excluding hydrogens is 328 g/mol. The standard InChI is InChI=1S/C18H20O7/c1-8-13(24-18-15(21)14(20)12(19)7-23-18)6-5-10-9-3-2-4-11(9)17(22)25-16(8)10/h5-6,12,14-15,18-21H,2-4,7H2,1H3/t12-,14+,15-,18+/m0/s1. The summed E-state index contributed by atoms with van der Waals surface area (Å²) in [4.78, 5) is 12.2. The van der Waals surface area contributed by atoms with E-state index in [2.05, 4.69) is 0 Å². The van der Waals surface area contributed by atoms with Gasteiger partial charge in [0.15, 0.2) is 0 Å². The normalized spacial score (nSPS) is 29.0. The Balaban J connectivity index is 1.71. The molecule has 0 spiro atoms. The van der Waals surface area contributed by atoms with Gasteiger partial charge in [0.2, 0.25) is 6.29 Å². The average molecular weight is 348 g/mol. The van der Waals surface area contributed by atoms with E-state index in [4.69, 9.17) is 13.9 Å². The molecule has 3 N–H and O–H groups in total. The molecule has 7 heteroatoms. The van der Waals surface area contributed by atoms with Crippen LogP contribution in [0.4, 0.5) is 0 Å². The predicted molar refractivity (Wildman–Crippen MR) is 87.6 cm³/mol. The molecule has 0 unspecified atom stereocenters. The molecule has 1 saturated heterocycles. The second-order valence-electron chi connectivity index (χ2n) is 6.63. The van der Waals surface area contributed by atoms with Gasteiger partial charge in [0, 0.05) is 16.5 Å². The zero-order chi connectivity index (χ0) is 17.7. The number of benzene rings is 1. The van der Waals surface area contributed by atoms with Crippen LogP contribution in [0, 0.1) is 6.92 Å². The molecule has 1 aromatic heterocycles. The van der Waals surface area contributed by atoms with Crippen molar-refractivity contribution in [1.29, 1.82) is 0 Å². The van der Waals surface area contributed by atoms with Crippen molar-refractivity contribution >= 4 is 11.0 Å². The zero-order valence-corrected chi connectivity index (χ0v) is 13.8. The first kappa shape index (κ1) is 16.5.